The number of guanidine groups is 1. The van der Waals surface area contributed by atoms with Crippen molar-refractivity contribution in [2.75, 3.05) is 22.9 Å². The van der Waals surface area contributed by atoms with Crippen LogP contribution in [0.4, 0.5) is 16.5 Å². The van der Waals surface area contributed by atoms with Crippen LogP contribution in [0.5, 0.6) is 0 Å². The van der Waals surface area contributed by atoms with Crippen LogP contribution in [0.1, 0.15) is 26.2 Å². The normalized spacial score (nSPS) is 20.6. The standard InChI is InChI=1S/C17H19N5O2S2/c1-17(5-6-17)20-26(23,24)12-3-4-13-14(11-12)22(16-19-8-10-25-16)15-18-7-2-9-21(13)15/h3-4,8,10-11,20H,2,5-7,9H2,1H3. The van der Waals surface area contributed by atoms with Crippen molar-refractivity contribution in [3.8, 4) is 0 Å². The molecule has 7 nitrogen and oxygen atoms in total. The molecule has 1 N–H and O–H groups in total. The molecule has 26 heavy (non-hydrogen) atoms. The molecule has 0 saturated heterocycles. The Morgan fingerprint density at radius 2 is 2.12 bits per heavy atom. The van der Waals surface area contributed by atoms with Crippen molar-refractivity contribution in [2.45, 2.75) is 36.6 Å². The van der Waals surface area contributed by atoms with Crippen LogP contribution in [0.15, 0.2) is 39.7 Å². The van der Waals surface area contributed by atoms with Crippen LogP contribution in [-0.4, -0.2) is 38.0 Å². The highest BCUT2D eigenvalue weighted by molar-refractivity contribution is 7.89. The summed E-state index contributed by atoms with van der Waals surface area (Å²) in [5.74, 6) is 0.831. The third-order valence-electron chi connectivity index (χ3n) is 5.01. The fraction of sp³-hybridized carbons (Fsp3) is 0.412. The minimum Gasteiger partial charge on any atom is -0.310 e. The second kappa shape index (κ2) is 5.51. The largest absolute Gasteiger partial charge is 0.310 e. The van der Waals surface area contributed by atoms with Crippen LogP contribution in [0, 0.1) is 0 Å². The van der Waals surface area contributed by atoms with E-state index in [0.717, 1.165) is 54.8 Å². The van der Waals surface area contributed by atoms with E-state index in [1.807, 2.05) is 23.3 Å². The lowest BCUT2D eigenvalue weighted by Crippen LogP contribution is -2.39. The molecule has 2 aliphatic heterocycles. The molecule has 2 aromatic rings. The number of fused-ring (bicyclic) bond motifs is 3. The topological polar surface area (TPSA) is 77.9 Å². The van der Waals surface area contributed by atoms with Crippen LogP contribution in [0.25, 0.3) is 0 Å². The van der Waals surface area contributed by atoms with E-state index in [1.165, 1.54) is 11.3 Å². The average molecular weight is 390 g/mol. The molecule has 1 aliphatic carbocycles. The van der Waals surface area contributed by atoms with E-state index in [4.69, 9.17) is 0 Å². The summed E-state index contributed by atoms with van der Waals surface area (Å²) >= 11 is 1.52. The second-order valence-electron chi connectivity index (χ2n) is 7.15. The molecular weight excluding hydrogens is 370 g/mol. The van der Waals surface area contributed by atoms with Gasteiger partial charge in [0.05, 0.1) is 16.3 Å². The Labute approximate surface area is 156 Å². The molecule has 3 aliphatic rings. The maximum atomic E-state index is 12.8. The molecule has 1 fully saturated rings. The van der Waals surface area contributed by atoms with Crippen LogP contribution in [0.3, 0.4) is 0 Å². The maximum absolute atomic E-state index is 12.8. The number of aromatic nitrogens is 1. The first-order valence-corrected chi connectivity index (χ1v) is 11.0. The number of anilines is 3. The number of thiazole rings is 1. The Kier molecular flexibility index (Phi) is 3.44. The first kappa shape index (κ1) is 16.2. The van der Waals surface area contributed by atoms with Crippen LogP contribution >= 0.6 is 11.3 Å². The van der Waals surface area contributed by atoms with Crippen molar-refractivity contribution in [1.82, 2.24) is 9.71 Å². The average Bonchev–Trinajstić information content (AvgIpc) is 3.02. The van der Waals surface area contributed by atoms with Crippen LogP contribution in [-0.2, 0) is 10.0 Å². The maximum Gasteiger partial charge on any atom is 0.241 e. The van der Waals surface area contributed by atoms with Crippen LogP contribution in [0.2, 0.25) is 0 Å². The van der Waals surface area contributed by atoms with E-state index in [0.29, 0.717) is 0 Å². The molecule has 0 bridgehead atoms. The van der Waals surface area contributed by atoms with E-state index >= 15 is 0 Å². The third kappa shape index (κ3) is 2.53. The fourth-order valence-corrected chi connectivity index (χ4v) is 5.52. The van der Waals surface area contributed by atoms with Crippen molar-refractivity contribution in [3.63, 3.8) is 0 Å². The number of hydrogen-bond donors (Lipinski definition) is 1. The third-order valence-corrected chi connectivity index (χ3v) is 7.41. The van der Waals surface area contributed by atoms with E-state index in [-0.39, 0.29) is 10.4 Å². The van der Waals surface area contributed by atoms with Gasteiger partial charge >= 0.3 is 0 Å². The van der Waals surface area contributed by atoms with Gasteiger partial charge in [-0.2, -0.15) is 0 Å². The van der Waals surface area contributed by atoms with Crippen molar-refractivity contribution in [2.24, 2.45) is 4.99 Å². The molecule has 5 rings (SSSR count). The summed E-state index contributed by atoms with van der Waals surface area (Å²) in [5, 5.41) is 2.71. The Hall–Kier alpha value is -1.97. The van der Waals surface area contributed by atoms with E-state index < -0.39 is 10.0 Å². The summed E-state index contributed by atoms with van der Waals surface area (Å²) in [6, 6.07) is 5.31. The van der Waals surface area contributed by atoms with Crippen LogP contribution < -0.4 is 14.5 Å². The van der Waals surface area contributed by atoms with Crippen molar-refractivity contribution < 1.29 is 8.42 Å². The summed E-state index contributed by atoms with van der Waals surface area (Å²) in [5.41, 5.74) is 1.51. The Morgan fingerprint density at radius 1 is 1.27 bits per heavy atom. The van der Waals surface area contributed by atoms with E-state index in [9.17, 15) is 8.42 Å². The van der Waals surface area contributed by atoms with Gasteiger partial charge < -0.3 is 4.90 Å². The Balaban J connectivity index is 1.62. The minimum atomic E-state index is -3.55. The van der Waals surface area contributed by atoms with Crippen molar-refractivity contribution in [1.29, 1.82) is 0 Å². The highest BCUT2D eigenvalue weighted by Gasteiger charge is 2.42. The molecular formula is C17H19N5O2S2. The molecule has 9 heteroatoms. The predicted octanol–water partition coefficient (Wildman–Crippen LogP) is 2.69. The summed E-state index contributed by atoms with van der Waals surface area (Å²) < 4.78 is 28.4. The lowest BCUT2D eigenvalue weighted by molar-refractivity contribution is 0.558. The summed E-state index contributed by atoms with van der Waals surface area (Å²) in [4.78, 5) is 13.5. The summed E-state index contributed by atoms with van der Waals surface area (Å²) in [6.07, 6.45) is 4.50. The molecule has 1 aromatic carbocycles. The van der Waals surface area contributed by atoms with Gasteiger partial charge in [0, 0.05) is 30.2 Å². The number of nitrogens with zero attached hydrogens (tertiary/aromatic N) is 4. The number of nitrogens with one attached hydrogen (secondary N) is 1. The zero-order chi connectivity index (χ0) is 17.9. The second-order valence-corrected chi connectivity index (χ2v) is 9.71. The van der Waals surface area contributed by atoms with Gasteiger partial charge in [0.15, 0.2) is 5.13 Å². The quantitative estimate of drug-likeness (QED) is 0.870. The number of rotatable bonds is 4. The summed E-state index contributed by atoms with van der Waals surface area (Å²) in [6.45, 7) is 3.58. The van der Waals surface area contributed by atoms with Gasteiger partial charge in [-0.25, -0.2) is 18.1 Å². The molecule has 0 amide bonds. The van der Waals surface area contributed by atoms with Gasteiger partial charge in [-0.05, 0) is 44.4 Å². The van der Waals surface area contributed by atoms with Gasteiger partial charge in [-0.1, -0.05) is 0 Å². The number of benzene rings is 1. The number of sulfonamides is 1. The zero-order valence-corrected chi connectivity index (χ0v) is 16.0. The van der Waals surface area contributed by atoms with Gasteiger partial charge in [-0.15, -0.1) is 11.3 Å². The molecule has 136 valence electrons. The van der Waals surface area contributed by atoms with Gasteiger partial charge in [-0.3, -0.25) is 9.89 Å². The molecule has 0 unspecified atom stereocenters. The molecule has 3 heterocycles. The highest BCUT2D eigenvalue weighted by Crippen LogP contribution is 2.45. The monoisotopic (exact) mass is 389 g/mol. The van der Waals surface area contributed by atoms with Crippen molar-refractivity contribution in [3.05, 3.63) is 29.8 Å². The lowest BCUT2D eigenvalue weighted by Gasteiger charge is -2.25. The Bertz CT molecular complexity index is 996. The molecule has 1 aromatic heterocycles. The number of hydrogen-bond acceptors (Lipinski definition) is 7. The van der Waals surface area contributed by atoms with E-state index in [1.54, 1.807) is 18.3 Å². The minimum absolute atomic E-state index is 0.284. The first-order chi connectivity index (χ1) is 12.5. The zero-order valence-electron chi connectivity index (χ0n) is 14.3. The molecule has 0 atom stereocenters. The molecule has 0 spiro atoms. The highest BCUT2D eigenvalue weighted by atomic mass is 32.2. The summed E-state index contributed by atoms with van der Waals surface area (Å²) in [7, 11) is -3.55. The fourth-order valence-electron chi connectivity index (χ4n) is 3.39. The smallest absolute Gasteiger partial charge is 0.241 e. The Morgan fingerprint density at radius 3 is 2.85 bits per heavy atom. The van der Waals surface area contributed by atoms with Crippen molar-refractivity contribution >= 4 is 43.8 Å². The van der Waals surface area contributed by atoms with E-state index in [2.05, 4.69) is 19.6 Å². The molecule has 0 radical (unpaired) electrons. The lowest BCUT2D eigenvalue weighted by atomic mass is 10.2. The van der Waals surface area contributed by atoms with Gasteiger partial charge in [0.1, 0.15) is 0 Å². The number of aliphatic imine (C=N–C) groups is 1. The predicted molar refractivity (Wildman–Crippen MR) is 103 cm³/mol. The van der Waals surface area contributed by atoms with Gasteiger partial charge in [0.2, 0.25) is 16.0 Å². The SMILES string of the molecule is CC1(NS(=O)(=O)c2ccc3c(c2)N(c2nccs2)C2=NCCCN23)CC1. The van der Waals surface area contributed by atoms with Gasteiger partial charge in [0.25, 0.3) is 0 Å². The first-order valence-electron chi connectivity index (χ1n) is 8.67. The molecule has 1 saturated carbocycles.